The minimum Gasteiger partial charge on any atom is -0.368 e. The van der Waals surface area contributed by atoms with Crippen molar-refractivity contribution in [1.29, 1.82) is 0 Å². The van der Waals surface area contributed by atoms with Crippen LogP contribution in [0.15, 0.2) is 67.1 Å². The largest absolute Gasteiger partial charge is 0.368 e. The van der Waals surface area contributed by atoms with Crippen LogP contribution >= 0.6 is 0 Å². The van der Waals surface area contributed by atoms with Crippen molar-refractivity contribution in [2.24, 2.45) is 0 Å². The predicted octanol–water partition coefficient (Wildman–Crippen LogP) is 3.31. The van der Waals surface area contributed by atoms with Crippen molar-refractivity contribution in [2.75, 3.05) is 19.7 Å². The van der Waals surface area contributed by atoms with E-state index in [1.54, 1.807) is 16.9 Å². The number of carbonyl (C=O) groups is 1. The van der Waals surface area contributed by atoms with Gasteiger partial charge < -0.3 is 9.64 Å². The first-order valence-corrected chi connectivity index (χ1v) is 9.92. The van der Waals surface area contributed by atoms with E-state index in [1.807, 2.05) is 66.6 Å². The van der Waals surface area contributed by atoms with E-state index in [0.29, 0.717) is 19.7 Å². The van der Waals surface area contributed by atoms with Crippen LogP contribution in [0.25, 0.3) is 16.6 Å². The number of hydrogen-bond acceptors (Lipinski definition) is 5. The zero-order valence-electron chi connectivity index (χ0n) is 16.6. The summed E-state index contributed by atoms with van der Waals surface area (Å²) in [5, 5.41) is 8.67. The molecule has 30 heavy (non-hydrogen) atoms. The molecule has 3 aromatic heterocycles. The van der Waals surface area contributed by atoms with Gasteiger partial charge in [0.2, 0.25) is 0 Å². The van der Waals surface area contributed by atoms with E-state index < -0.39 is 0 Å². The number of ether oxygens (including phenoxy) is 1. The van der Waals surface area contributed by atoms with Gasteiger partial charge in [0, 0.05) is 36.3 Å². The number of aromatic nitrogens is 4. The van der Waals surface area contributed by atoms with Gasteiger partial charge in [-0.2, -0.15) is 0 Å². The number of benzene rings is 1. The van der Waals surface area contributed by atoms with E-state index in [0.717, 1.165) is 33.5 Å². The molecule has 0 bridgehead atoms. The number of hydrogen-bond donors (Lipinski definition) is 0. The molecule has 1 fully saturated rings. The number of fused-ring (bicyclic) bond motifs is 1. The number of aryl methyl sites for hydroxylation is 1. The second-order valence-electron chi connectivity index (χ2n) is 7.38. The summed E-state index contributed by atoms with van der Waals surface area (Å²) >= 11 is 0. The van der Waals surface area contributed by atoms with Gasteiger partial charge in [0.25, 0.3) is 5.91 Å². The molecule has 0 unspecified atom stereocenters. The van der Waals surface area contributed by atoms with E-state index in [4.69, 9.17) is 4.74 Å². The first-order valence-electron chi connectivity index (χ1n) is 9.92. The van der Waals surface area contributed by atoms with Crippen LogP contribution in [0, 0.1) is 6.92 Å². The van der Waals surface area contributed by atoms with Gasteiger partial charge in [-0.25, -0.2) is 4.52 Å². The molecule has 0 aliphatic carbocycles. The van der Waals surface area contributed by atoms with E-state index in [9.17, 15) is 4.79 Å². The summed E-state index contributed by atoms with van der Waals surface area (Å²) in [5.41, 5.74) is 5.42. The minimum atomic E-state index is -0.309. The number of pyridine rings is 2. The van der Waals surface area contributed by atoms with Crippen LogP contribution in [0.3, 0.4) is 0 Å². The molecule has 1 aliphatic heterocycles. The van der Waals surface area contributed by atoms with Crippen molar-refractivity contribution >= 4 is 11.4 Å². The van der Waals surface area contributed by atoms with Crippen LogP contribution < -0.4 is 0 Å². The summed E-state index contributed by atoms with van der Waals surface area (Å²) in [6, 6.07) is 15.6. The Morgan fingerprint density at radius 3 is 2.73 bits per heavy atom. The van der Waals surface area contributed by atoms with Crippen molar-refractivity contribution in [3.8, 4) is 11.1 Å². The summed E-state index contributed by atoms with van der Waals surface area (Å²) in [6.45, 7) is 3.44. The average Bonchev–Trinajstić information content (AvgIpc) is 3.23. The van der Waals surface area contributed by atoms with Gasteiger partial charge in [0.15, 0.2) is 0 Å². The van der Waals surface area contributed by atoms with Crippen LogP contribution in [0.4, 0.5) is 0 Å². The molecule has 7 heteroatoms. The molecular weight excluding hydrogens is 378 g/mol. The molecule has 1 aliphatic rings. The molecule has 5 rings (SSSR count). The zero-order chi connectivity index (χ0) is 20.5. The molecule has 7 nitrogen and oxygen atoms in total. The lowest BCUT2D eigenvalue weighted by Crippen LogP contribution is -2.42. The van der Waals surface area contributed by atoms with Gasteiger partial charge in [-0.1, -0.05) is 29.5 Å². The number of amides is 1. The number of morpholine rings is 1. The number of rotatable bonds is 3. The average molecular weight is 399 g/mol. The Labute approximate surface area is 173 Å². The van der Waals surface area contributed by atoms with Crippen molar-refractivity contribution < 1.29 is 9.53 Å². The quantitative estimate of drug-likeness (QED) is 0.528. The predicted molar refractivity (Wildman–Crippen MR) is 112 cm³/mol. The van der Waals surface area contributed by atoms with Gasteiger partial charge >= 0.3 is 0 Å². The Morgan fingerprint density at radius 1 is 1.07 bits per heavy atom. The molecule has 0 N–H and O–H groups in total. The Hall–Kier alpha value is -3.58. The Kier molecular flexibility index (Phi) is 4.72. The van der Waals surface area contributed by atoms with Crippen molar-refractivity contribution in [3.05, 3.63) is 83.9 Å². The van der Waals surface area contributed by atoms with Gasteiger partial charge in [-0.15, -0.1) is 5.10 Å². The standard InChI is InChI=1S/C23H21N5O2/c1-16-4-2-3-5-19(16)23(29)27-12-13-30-21(15-27)22-20-7-6-18(14-28(20)26-25-22)17-8-10-24-11-9-17/h2-11,14,21H,12-13,15H2,1H3/t21-/m0/s1. The molecule has 4 aromatic rings. The number of nitrogens with zero attached hydrogens (tertiary/aromatic N) is 5. The molecule has 1 amide bonds. The summed E-state index contributed by atoms with van der Waals surface area (Å²) < 4.78 is 7.73. The smallest absolute Gasteiger partial charge is 0.254 e. The summed E-state index contributed by atoms with van der Waals surface area (Å²) in [4.78, 5) is 18.9. The SMILES string of the molecule is Cc1ccccc1C(=O)N1CCO[C@H](c2nnn3cc(-c4ccncc4)ccc23)C1. The van der Waals surface area contributed by atoms with E-state index in [2.05, 4.69) is 15.3 Å². The maximum Gasteiger partial charge on any atom is 0.254 e. The highest BCUT2D eigenvalue weighted by atomic mass is 16.5. The fourth-order valence-corrected chi connectivity index (χ4v) is 3.84. The molecule has 0 radical (unpaired) electrons. The molecular formula is C23H21N5O2. The molecule has 1 saturated heterocycles. The van der Waals surface area contributed by atoms with E-state index in [1.165, 1.54) is 0 Å². The summed E-state index contributed by atoms with van der Waals surface area (Å²) in [5.74, 6) is 0.0258. The molecule has 0 spiro atoms. The minimum absolute atomic E-state index is 0.0258. The van der Waals surface area contributed by atoms with Crippen molar-refractivity contribution in [2.45, 2.75) is 13.0 Å². The van der Waals surface area contributed by atoms with Gasteiger partial charge in [0.05, 0.1) is 18.7 Å². The molecule has 4 heterocycles. The Morgan fingerprint density at radius 2 is 1.90 bits per heavy atom. The molecule has 150 valence electrons. The zero-order valence-corrected chi connectivity index (χ0v) is 16.6. The lowest BCUT2D eigenvalue weighted by Gasteiger charge is -2.32. The molecule has 1 aromatic carbocycles. The third kappa shape index (κ3) is 3.33. The summed E-state index contributed by atoms with van der Waals surface area (Å²) in [7, 11) is 0. The number of carbonyl (C=O) groups excluding carboxylic acids is 1. The van der Waals surface area contributed by atoms with Crippen LogP contribution in [0.5, 0.6) is 0 Å². The van der Waals surface area contributed by atoms with Crippen LogP contribution in [0.2, 0.25) is 0 Å². The Balaban J connectivity index is 1.41. The van der Waals surface area contributed by atoms with Gasteiger partial charge in [-0.3, -0.25) is 9.78 Å². The Bertz CT molecular complexity index is 1200. The summed E-state index contributed by atoms with van der Waals surface area (Å²) in [6.07, 6.45) is 5.17. The van der Waals surface area contributed by atoms with Gasteiger partial charge in [-0.05, 0) is 42.3 Å². The maximum atomic E-state index is 13.0. The van der Waals surface area contributed by atoms with Crippen LogP contribution in [-0.2, 0) is 4.74 Å². The fraction of sp³-hybridized carbons (Fsp3) is 0.217. The monoisotopic (exact) mass is 399 g/mol. The fourth-order valence-electron chi connectivity index (χ4n) is 3.84. The second kappa shape index (κ2) is 7.68. The first-order chi connectivity index (χ1) is 14.7. The third-order valence-corrected chi connectivity index (χ3v) is 5.49. The van der Waals surface area contributed by atoms with Crippen LogP contribution in [-0.4, -0.2) is 50.3 Å². The van der Waals surface area contributed by atoms with E-state index >= 15 is 0 Å². The first kappa shape index (κ1) is 18.4. The van der Waals surface area contributed by atoms with Crippen LogP contribution in [0.1, 0.15) is 27.7 Å². The normalized spacial score (nSPS) is 16.7. The highest BCUT2D eigenvalue weighted by molar-refractivity contribution is 5.95. The lowest BCUT2D eigenvalue weighted by atomic mass is 10.1. The third-order valence-electron chi connectivity index (χ3n) is 5.49. The second-order valence-corrected chi connectivity index (χ2v) is 7.38. The topological polar surface area (TPSA) is 72.6 Å². The maximum absolute atomic E-state index is 13.0. The van der Waals surface area contributed by atoms with Gasteiger partial charge in [0.1, 0.15) is 11.8 Å². The molecule has 0 saturated carbocycles. The molecule has 1 atom stereocenters. The van der Waals surface area contributed by atoms with Crippen molar-refractivity contribution in [3.63, 3.8) is 0 Å². The highest BCUT2D eigenvalue weighted by Gasteiger charge is 2.29. The van der Waals surface area contributed by atoms with Crippen molar-refractivity contribution in [1.82, 2.24) is 24.7 Å². The highest BCUT2D eigenvalue weighted by Crippen LogP contribution is 2.27. The lowest BCUT2D eigenvalue weighted by molar-refractivity contribution is -0.0241. The van der Waals surface area contributed by atoms with E-state index in [-0.39, 0.29) is 12.0 Å².